The summed E-state index contributed by atoms with van der Waals surface area (Å²) in [5.74, 6) is -0.499. The summed E-state index contributed by atoms with van der Waals surface area (Å²) in [7, 11) is 1.75. The highest BCUT2D eigenvalue weighted by atomic mass is 32.1. The Morgan fingerprint density at radius 2 is 2.13 bits per heavy atom. The Bertz CT molecular complexity index is 826. The van der Waals surface area contributed by atoms with Gasteiger partial charge in [0.1, 0.15) is 11.5 Å². The van der Waals surface area contributed by atoms with Crippen molar-refractivity contribution in [3.8, 4) is 5.69 Å². The maximum Gasteiger partial charge on any atom is 0.257 e. The summed E-state index contributed by atoms with van der Waals surface area (Å²) >= 11 is 1.60. The average molecular weight is 329 g/mol. The van der Waals surface area contributed by atoms with E-state index in [1.54, 1.807) is 48.4 Å². The topological polar surface area (TPSA) is 38.1 Å². The normalized spacial score (nSPS) is 10.7. The fourth-order valence-electron chi connectivity index (χ4n) is 2.42. The number of aromatic nitrogens is 2. The first-order valence-corrected chi connectivity index (χ1v) is 8.08. The second-order valence-electron chi connectivity index (χ2n) is 5.30. The van der Waals surface area contributed by atoms with E-state index in [0.29, 0.717) is 23.5 Å². The van der Waals surface area contributed by atoms with Gasteiger partial charge in [0.05, 0.1) is 17.5 Å². The van der Waals surface area contributed by atoms with Gasteiger partial charge in [-0.1, -0.05) is 12.1 Å². The van der Waals surface area contributed by atoms with Gasteiger partial charge in [-0.3, -0.25) is 4.79 Å². The molecule has 4 nitrogen and oxygen atoms in total. The molecule has 0 N–H and O–H groups in total. The number of carbonyl (C=O) groups excluding carboxylic acids is 1. The summed E-state index contributed by atoms with van der Waals surface area (Å²) in [6.07, 6.45) is 1.49. The summed E-state index contributed by atoms with van der Waals surface area (Å²) < 4.78 is 15.4. The number of rotatable bonds is 4. The van der Waals surface area contributed by atoms with E-state index >= 15 is 0 Å². The van der Waals surface area contributed by atoms with Crippen LogP contribution in [-0.4, -0.2) is 27.6 Å². The van der Waals surface area contributed by atoms with E-state index < -0.39 is 0 Å². The molecule has 0 aliphatic carbocycles. The molecule has 0 spiro atoms. The van der Waals surface area contributed by atoms with Gasteiger partial charge < -0.3 is 4.90 Å². The van der Waals surface area contributed by atoms with Gasteiger partial charge in [0, 0.05) is 13.6 Å². The van der Waals surface area contributed by atoms with Gasteiger partial charge in [0.2, 0.25) is 0 Å². The third-order valence-electron chi connectivity index (χ3n) is 3.67. The maximum absolute atomic E-state index is 13.9. The summed E-state index contributed by atoms with van der Waals surface area (Å²) in [6, 6.07) is 8.37. The SMILES string of the molecule is Cc1c(C(=O)N(C)Cc2ccsc2)cnn1-c1ccccc1F. The van der Waals surface area contributed by atoms with Gasteiger partial charge in [-0.05, 0) is 41.4 Å². The summed E-state index contributed by atoms with van der Waals surface area (Å²) in [4.78, 5) is 14.2. The number of carbonyl (C=O) groups is 1. The Labute approximate surface area is 137 Å². The number of benzene rings is 1. The molecule has 0 aliphatic rings. The standard InChI is InChI=1S/C17H16FN3OS/c1-12-14(17(22)20(2)10-13-7-8-23-11-13)9-19-21(12)16-6-4-3-5-15(16)18/h3-9,11H,10H2,1-2H3. The van der Waals surface area contributed by atoms with Crippen molar-refractivity contribution in [1.29, 1.82) is 0 Å². The van der Waals surface area contributed by atoms with Crippen LogP contribution < -0.4 is 0 Å². The predicted molar refractivity (Wildman–Crippen MR) is 88.4 cm³/mol. The number of amides is 1. The maximum atomic E-state index is 13.9. The Kier molecular flexibility index (Phi) is 4.25. The molecule has 1 aromatic carbocycles. The Morgan fingerprint density at radius 1 is 1.35 bits per heavy atom. The van der Waals surface area contributed by atoms with E-state index in [2.05, 4.69) is 5.10 Å². The summed E-state index contributed by atoms with van der Waals surface area (Å²) in [6.45, 7) is 2.30. The van der Waals surface area contributed by atoms with Crippen molar-refractivity contribution in [2.45, 2.75) is 13.5 Å². The van der Waals surface area contributed by atoms with Crippen LogP contribution in [0.5, 0.6) is 0 Å². The van der Waals surface area contributed by atoms with Gasteiger partial charge >= 0.3 is 0 Å². The van der Waals surface area contributed by atoms with E-state index in [1.807, 2.05) is 16.8 Å². The molecule has 0 fully saturated rings. The molecule has 2 heterocycles. The lowest BCUT2D eigenvalue weighted by atomic mass is 10.2. The first kappa shape index (κ1) is 15.4. The van der Waals surface area contributed by atoms with Gasteiger partial charge in [-0.25, -0.2) is 9.07 Å². The second-order valence-corrected chi connectivity index (χ2v) is 6.08. The van der Waals surface area contributed by atoms with Gasteiger partial charge in [-0.2, -0.15) is 16.4 Å². The lowest BCUT2D eigenvalue weighted by molar-refractivity contribution is 0.0784. The van der Waals surface area contributed by atoms with Crippen molar-refractivity contribution in [3.63, 3.8) is 0 Å². The minimum absolute atomic E-state index is 0.128. The molecule has 0 aliphatic heterocycles. The van der Waals surface area contributed by atoms with Crippen LogP contribution in [0.4, 0.5) is 4.39 Å². The highest BCUT2D eigenvalue weighted by Crippen LogP contribution is 2.19. The molecule has 2 aromatic heterocycles. The molecule has 3 rings (SSSR count). The molecule has 0 atom stereocenters. The highest BCUT2D eigenvalue weighted by molar-refractivity contribution is 7.07. The zero-order chi connectivity index (χ0) is 16.4. The molecule has 0 radical (unpaired) electrons. The van der Waals surface area contributed by atoms with Crippen molar-refractivity contribution in [3.05, 3.63) is 69.9 Å². The third kappa shape index (κ3) is 3.03. The lowest BCUT2D eigenvalue weighted by Gasteiger charge is -2.16. The number of para-hydroxylation sites is 1. The van der Waals surface area contributed by atoms with Crippen LogP contribution in [0, 0.1) is 12.7 Å². The van der Waals surface area contributed by atoms with Crippen LogP contribution >= 0.6 is 11.3 Å². The summed E-state index contributed by atoms with van der Waals surface area (Å²) in [5, 5.41) is 8.17. The van der Waals surface area contributed by atoms with E-state index in [9.17, 15) is 9.18 Å². The Balaban J connectivity index is 1.87. The molecule has 23 heavy (non-hydrogen) atoms. The number of halogens is 1. The monoisotopic (exact) mass is 329 g/mol. The molecule has 6 heteroatoms. The van der Waals surface area contributed by atoms with Crippen molar-refractivity contribution in [2.75, 3.05) is 7.05 Å². The fourth-order valence-corrected chi connectivity index (χ4v) is 3.08. The molecule has 0 unspecified atom stereocenters. The molecule has 0 saturated heterocycles. The average Bonchev–Trinajstić information content (AvgIpc) is 3.17. The molecular weight excluding hydrogens is 313 g/mol. The van der Waals surface area contributed by atoms with Crippen LogP contribution in [0.15, 0.2) is 47.3 Å². The largest absolute Gasteiger partial charge is 0.337 e. The number of hydrogen-bond donors (Lipinski definition) is 0. The Hall–Kier alpha value is -2.47. The fraction of sp³-hybridized carbons (Fsp3) is 0.176. The minimum Gasteiger partial charge on any atom is -0.337 e. The van der Waals surface area contributed by atoms with E-state index in [4.69, 9.17) is 0 Å². The molecule has 118 valence electrons. The van der Waals surface area contributed by atoms with Crippen molar-refractivity contribution in [1.82, 2.24) is 14.7 Å². The van der Waals surface area contributed by atoms with E-state index in [0.717, 1.165) is 5.56 Å². The predicted octanol–water partition coefficient (Wildman–Crippen LogP) is 3.65. The number of nitrogens with zero attached hydrogens (tertiary/aromatic N) is 3. The van der Waals surface area contributed by atoms with Gasteiger partial charge in [0.25, 0.3) is 5.91 Å². The van der Waals surface area contributed by atoms with Crippen LogP contribution in [-0.2, 0) is 6.54 Å². The van der Waals surface area contributed by atoms with Crippen molar-refractivity contribution < 1.29 is 9.18 Å². The molecule has 0 bridgehead atoms. The molecule has 3 aromatic rings. The minimum atomic E-state index is -0.371. The van der Waals surface area contributed by atoms with E-state index in [1.165, 1.54) is 16.9 Å². The molecule has 0 saturated carbocycles. The van der Waals surface area contributed by atoms with Crippen LogP contribution in [0.2, 0.25) is 0 Å². The zero-order valence-corrected chi connectivity index (χ0v) is 13.7. The first-order chi connectivity index (χ1) is 11.1. The van der Waals surface area contributed by atoms with Crippen molar-refractivity contribution in [2.24, 2.45) is 0 Å². The smallest absolute Gasteiger partial charge is 0.257 e. The van der Waals surface area contributed by atoms with Crippen LogP contribution in [0.25, 0.3) is 5.69 Å². The molecule has 1 amide bonds. The quantitative estimate of drug-likeness (QED) is 0.733. The zero-order valence-electron chi connectivity index (χ0n) is 12.9. The van der Waals surface area contributed by atoms with Crippen molar-refractivity contribution >= 4 is 17.2 Å². The second kappa shape index (κ2) is 6.34. The van der Waals surface area contributed by atoms with Crippen LogP contribution in [0.3, 0.4) is 0 Å². The number of hydrogen-bond acceptors (Lipinski definition) is 3. The first-order valence-electron chi connectivity index (χ1n) is 7.14. The number of thiophene rings is 1. The lowest BCUT2D eigenvalue weighted by Crippen LogP contribution is -2.26. The van der Waals surface area contributed by atoms with Gasteiger partial charge in [0.15, 0.2) is 0 Å². The summed E-state index contributed by atoms with van der Waals surface area (Å²) in [5.41, 5.74) is 2.53. The third-order valence-corrected chi connectivity index (χ3v) is 4.40. The molecular formula is C17H16FN3OS. The van der Waals surface area contributed by atoms with Gasteiger partial charge in [-0.15, -0.1) is 0 Å². The highest BCUT2D eigenvalue weighted by Gasteiger charge is 2.20. The van der Waals surface area contributed by atoms with E-state index in [-0.39, 0.29) is 11.7 Å². The Morgan fingerprint density at radius 3 is 2.83 bits per heavy atom. The van der Waals surface area contributed by atoms with Crippen LogP contribution in [0.1, 0.15) is 21.6 Å².